The van der Waals surface area contributed by atoms with E-state index in [2.05, 4.69) is 0 Å². The Labute approximate surface area is 57.4 Å². The van der Waals surface area contributed by atoms with E-state index in [-0.39, 0.29) is 0 Å². The quantitative estimate of drug-likeness (QED) is 0.590. The number of thioether (sulfide) groups is 1. The third-order valence-corrected chi connectivity index (χ3v) is 2.19. The summed E-state index contributed by atoms with van der Waals surface area (Å²) in [4.78, 5) is 10.2. The highest BCUT2D eigenvalue weighted by molar-refractivity contribution is 8.00. The highest BCUT2D eigenvalue weighted by Crippen LogP contribution is 2.18. The number of hydrogen-bond acceptors (Lipinski definition) is 3. The van der Waals surface area contributed by atoms with Gasteiger partial charge in [-0.05, 0) is 12.2 Å². The first-order valence-corrected chi connectivity index (χ1v) is 3.81. The molecule has 1 heterocycles. The first-order chi connectivity index (χ1) is 4.30. The first kappa shape index (κ1) is 6.89. The minimum absolute atomic E-state index is 0.587. The van der Waals surface area contributed by atoms with Crippen molar-refractivity contribution in [2.75, 3.05) is 12.4 Å². The summed E-state index contributed by atoms with van der Waals surface area (Å²) in [7, 11) is 0. The van der Waals surface area contributed by atoms with Crippen molar-refractivity contribution in [3.8, 4) is 0 Å². The SMILES string of the molecule is O=C(O)C1OCCCS1. The molecule has 1 aliphatic heterocycles. The monoisotopic (exact) mass is 148 g/mol. The smallest absolute Gasteiger partial charge is 0.343 e. The second kappa shape index (κ2) is 3.08. The van der Waals surface area contributed by atoms with Crippen molar-refractivity contribution in [2.45, 2.75) is 11.9 Å². The summed E-state index contributed by atoms with van der Waals surface area (Å²) in [6, 6.07) is 0. The summed E-state index contributed by atoms with van der Waals surface area (Å²) in [5.41, 5.74) is -0.612. The van der Waals surface area contributed by atoms with Crippen LogP contribution in [0.5, 0.6) is 0 Å². The van der Waals surface area contributed by atoms with Gasteiger partial charge in [0.25, 0.3) is 0 Å². The van der Waals surface area contributed by atoms with Crippen LogP contribution in [-0.2, 0) is 9.53 Å². The van der Waals surface area contributed by atoms with Gasteiger partial charge in [-0.1, -0.05) is 0 Å². The van der Waals surface area contributed by atoms with Crippen molar-refractivity contribution >= 4 is 17.7 Å². The Morgan fingerprint density at radius 2 is 2.56 bits per heavy atom. The van der Waals surface area contributed by atoms with Gasteiger partial charge in [0.15, 0.2) is 0 Å². The fraction of sp³-hybridized carbons (Fsp3) is 0.800. The van der Waals surface area contributed by atoms with E-state index in [1.165, 1.54) is 11.8 Å². The van der Waals surface area contributed by atoms with E-state index < -0.39 is 11.4 Å². The molecule has 0 aliphatic carbocycles. The molecule has 1 rings (SSSR count). The summed E-state index contributed by atoms with van der Waals surface area (Å²) in [5.74, 6) is 0.0384. The van der Waals surface area contributed by atoms with Gasteiger partial charge in [0.1, 0.15) is 0 Å². The van der Waals surface area contributed by atoms with Crippen molar-refractivity contribution in [3.05, 3.63) is 0 Å². The van der Waals surface area contributed by atoms with E-state index in [0.29, 0.717) is 6.61 Å². The van der Waals surface area contributed by atoms with Crippen molar-refractivity contribution in [1.29, 1.82) is 0 Å². The maximum atomic E-state index is 10.2. The largest absolute Gasteiger partial charge is 0.479 e. The molecule has 0 aromatic heterocycles. The second-order valence-electron chi connectivity index (χ2n) is 1.77. The van der Waals surface area contributed by atoms with Crippen molar-refractivity contribution in [3.63, 3.8) is 0 Å². The Bertz CT molecular complexity index is 109. The third kappa shape index (κ3) is 1.87. The lowest BCUT2D eigenvalue weighted by atomic mass is 10.5. The lowest BCUT2D eigenvalue weighted by Crippen LogP contribution is -2.24. The van der Waals surface area contributed by atoms with Crippen LogP contribution < -0.4 is 0 Å². The van der Waals surface area contributed by atoms with Gasteiger partial charge in [0.2, 0.25) is 5.44 Å². The molecule has 1 fully saturated rings. The average molecular weight is 148 g/mol. The number of aliphatic carboxylic acids is 1. The Morgan fingerprint density at radius 3 is 2.89 bits per heavy atom. The number of carboxylic acids is 1. The second-order valence-corrected chi connectivity index (χ2v) is 2.94. The standard InChI is InChI=1S/C5H8O3S/c6-4(7)5-8-2-1-3-9-5/h5H,1-3H2,(H,6,7). The Balaban J connectivity index is 2.31. The van der Waals surface area contributed by atoms with Crippen LogP contribution in [0.4, 0.5) is 0 Å². The van der Waals surface area contributed by atoms with Crippen LogP contribution in [0, 0.1) is 0 Å². The van der Waals surface area contributed by atoms with Crippen molar-refractivity contribution < 1.29 is 14.6 Å². The van der Waals surface area contributed by atoms with E-state index in [1.54, 1.807) is 0 Å². The van der Waals surface area contributed by atoms with E-state index in [1.807, 2.05) is 0 Å². The highest BCUT2D eigenvalue weighted by atomic mass is 32.2. The van der Waals surface area contributed by atoms with E-state index in [0.717, 1.165) is 12.2 Å². The van der Waals surface area contributed by atoms with Gasteiger partial charge >= 0.3 is 5.97 Å². The van der Waals surface area contributed by atoms with E-state index in [9.17, 15) is 4.79 Å². The molecule has 0 saturated carbocycles. The lowest BCUT2D eigenvalue weighted by molar-refractivity contribution is -0.144. The summed E-state index contributed by atoms with van der Waals surface area (Å²) < 4.78 is 4.90. The molecule has 0 aromatic rings. The molecule has 1 aliphatic rings. The molecule has 0 aromatic carbocycles. The van der Waals surface area contributed by atoms with Crippen molar-refractivity contribution in [1.82, 2.24) is 0 Å². The van der Waals surface area contributed by atoms with Gasteiger partial charge in [-0.3, -0.25) is 0 Å². The molecule has 1 atom stereocenters. The summed E-state index contributed by atoms with van der Waals surface area (Å²) in [6.45, 7) is 0.587. The number of hydrogen-bond donors (Lipinski definition) is 1. The Morgan fingerprint density at radius 1 is 1.78 bits per heavy atom. The molecular formula is C5H8O3S. The number of ether oxygens (including phenoxy) is 1. The number of carboxylic acid groups (broad SMARTS) is 1. The third-order valence-electron chi connectivity index (χ3n) is 1.03. The van der Waals surface area contributed by atoms with E-state index >= 15 is 0 Å². The molecule has 1 saturated heterocycles. The summed E-state index contributed by atoms with van der Waals surface area (Å²) in [6.07, 6.45) is 0.967. The van der Waals surface area contributed by atoms with Crippen LogP contribution in [-0.4, -0.2) is 28.9 Å². The van der Waals surface area contributed by atoms with Gasteiger partial charge in [-0.25, -0.2) is 4.79 Å². The normalized spacial score (nSPS) is 27.8. The van der Waals surface area contributed by atoms with Crippen LogP contribution in [0.3, 0.4) is 0 Å². The van der Waals surface area contributed by atoms with Crippen LogP contribution in [0.1, 0.15) is 6.42 Å². The van der Waals surface area contributed by atoms with Gasteiger partial charge < -0.3 is 9.84 Å². The summed E-state index contributed by atoms with van der Waals surface area (Å²) >= 11 is 1.35. The number of carbonyl (C=O) groups is 1. The zero-order valence-corrected chi connectivity index (χ0v) is 5.69. The Kier molecular flexibility index (Phi) is 2.36. The van der Waals surface area contributed by atoms with Gasteiger partial charge in [-0.15, -0.1) is 11.8 Å². The summed E-state index contributed by atoms with van der Waals surface area (Å²) in [5, 5.41) is 8.39. The van der Waals surface area contributed by atoms with Crippen LogP contribution >= 0.6 is 11.8 Å². The minimum Gasteiger partial charge on any atom is -0.479 e. The zero-order valence-electron chi connectivity index (χ0n) is 4.87. The Hall–Kier alpha value is -0.220. The molecule has 9 heavy (non-hydrogen) atoms. The molecular weight excluding hydrogens is 140 g/mol. The molecule has 4 heteroatoms. The minimum atomic E-state index is -0.861. The maximum absolute atomic E-state index is 10.2. The van der Waals surface area contributed by atoms with Gasteiger partial charge in [0.05, 0.1) is 0 Å². The van der Waals surface area contributed by atoms with Crippen LogP contribution in [0.25, 0.3) is 0 Å². The molecule has 1 N–H and O–H groups in total. The van der Waals surface area contributed by atoms with Gasteiger partial charge in [0, 0.05) is 6.61 Å². The maximum Gasteiger partial charge on any atom is 0.343 e. The molecule has 0 amide bonds. The predicted octanol–water partition coefficient (Wildman–Crippen LogP) is 0.551. The van der Waals surface area contributed by atoms with Crippen molar-refractivity contribution in [2.24, 2.45) is 0 Å². The fourth-order valence-electron chi connectivity index (χ4n) is 0.630. The zero-order chi connectivity index (χ0) is 6.69. The number of rotatable bonds is 1. The lowest BCUT2D eigenvalue weighted by Gasteiger charge is -2.17. The first-order valence-electron chi connectivity index (χ1n) is 2.77. The molecule has 1 unspecified atom stereocenters. The molecule has 0 radical (unpaired) electrons. The highest BCUT2D eigenvalue weighted by Gasteiger charge is 2.20. The predicted molar refractivity (Wildman–Crippen MR) is 34.5 cm³/mol. The van der Waals surface area contributed by atoms with E-state index in [4.69, 9.17) is 9.84 Å². The average Bonchev–Trinajstić information content (AvgIpc) is 1.90. The molecule has 52 valence electrons. The van der Waals surface area contributed by atoms with Gasteiger partial charge in [-0.2, -0.15) is 0 Å². The fourth-order valence-corrected chi connectivity index (χ4v) is 1.46. The molecule has 0 bridgehead atoms. The van der Waals surface area contributed by atoms with Crippen LogP contribution in [0.2, 0.25) is 0 Å². The molecule has 0 spiro atoms. The van der Waals surface area contributed by atoms with Crippen LogP contribution in [0.15, 0.2) is 0 Å². The topological polar surface area (TPSA) is 46.5 Å². The molecule has 3 nitrogen and oxygen atoms in total.